The van der Waals surface area contributed by atoms with Gasteiger partial charge in [-0.25, -0.2) is 0 Å². The molecule has 0 aromatic heterocycles. The maximum absolute atomic E-state index is 14.3. The first kappa shape index (κ1) is 54.4. The Morgan fingerprint density at radius 2 is 1.11 bits per heavy atom. The third kappa shape index (κ3) is 20.8. The summed E-state index contributed by atoms with van der Waals surface area (Å²) in [5, 5.41) is 42.7. The van der Waals surface area contributed by atoms with Crippen LogP contribution >= 0.6 is 0 Å². The number of Topliss-reactive ketones (excluding diaryl/α,β-unsaturated/α-hetero) is 1. The molecule has 1 rings (SSSR count). The Labute approximate surface area is 361 Å². The second-order valence-corrected chi connectivity index (χ2v) is 17.3. The van der Waals surface area contributed by atoms with Gasteiger partial charge >= 0.3 is 17.9 Å². The van der Waals surface area contributed by atoms with Gasteiger partial charge in [0.2, 0.25) is 41.2 Å². The summed E-state index contributed by atoms with van der Waals surface area (Å²) in [6.45, 7) is 10.4. The average Bonchev–Trinajstić information content (AvgIpc) is 3.17. The van der Waals surface area contributed by atoms with E-state index in [1.165, 1.54) is 0 Å². The van der Waals surface area contributed by atoms with Gasteiger partial charge in [-0.1, -0.05) is 86.5 Å². The molecule has 1 fully saturated rings. The van der Waals surface area contributed by atoms with Crippen LogP contribution in [0.25, 0.3) is 0 Å². The van der Waals surface area contributed by atoms with Gasteiger partial charge in [-0.15, -0.1) is 0 Å². The van der Waals surface area contributed by atoms with Gasteiger partial charge in [0.1, 0.15) is 30.2 Å². The van der Waals surface area contributed by atoms with Crippen LogP contribution in [0.15, 0.2) is 0 Å². The van der Waals surface area contributed by atoms with Crippen LogP contribution in [0.4, 0.5) is 0 Å². The lowest BCUT2D eigenvalue weighted by atomic mass is 9.83. The van der Waals surface area contributed by atoms with Gasteiger partial charge in [-0.05, 0) is 42.9 Å². The van der Waals surface area contributed by atoms with Crippen LogP contribution in [0.5, 0.6) is 0 Å². The van der Waals surface area contributed by atoms with Crippen molar-refractivity contribution < 1.29 is 68.1 Å². The molecule has 0 saturated heterocycles. The van der Waals surface area contributed by atoms with Crippen molar-refractivity contribution in [3.8, 4) is 0 Å². The van der Waals surface area contributed by atoms with E-state index in [4.69, 9.17) is 10.8 Å². The summed E-state index contributed by atoms with van der Waals surface area (Å²) in [5.41, 5.74) is 4.22. The van der Waals surface area contributed by atoms with Gasteiger partial charge in [0.05, 0.1) is 18.9 Å². The van der Waals surface area contributed by atoms with Crippen LogP contribution < -0.4 is 37.6 Å². The van der Waals surface area contributed by atoms with Crippen LogP contribution in [0.1, 0.15) is 138 Å². The molecular formula is C41H67N7O14. The third-order valence-electron chi connectivity index (χ3n) is 10.3. The van der Waals surface area contributed by atoms with E-state index in [1.807, 2.05) is 6.92 Å². The highest BCUT2D eigenvalue weighted by Crippen LogP contribution is 2.28. The quantitative estimate of drug-likeness (QED) is 0.0476. The summed E-state index contributed by atoms with van der Waals surface area (Å²) < 4.78 is 0. The Balaban J connectivity index is 3.50. The van der Waals surface area contributed by atoms with Crippen molar-refractivity contribution in [1.29, 1.82) is 0 Å². The molecule has 62 heavy (non-hydrogen) atoms. The number of ketones is 1. The molecule has 21 heteroatoms. The first-order valence-corrected chi connectivity index (χ1v) is 21.2. The van der Waals surface area contributed by atoms with Crippen molar-refractivity contribution in [2.45, 2.75) is 174 Å². The fourth-order valence-electron chi connectivity index (χ4n) is 6.94. The topological polar surface area (TPSA) is 347 Å². The van der Waals surface area contributed by atoms with E-state index in [1.54, 1.807) is 34.6 Å². The zero-order chi connectivity index (χ0) is 47.3. The third-order valence-corrected chi connectivity index (χ3v) is 10.3. The highest BCUT2D eigenvalue weighted by atomic mass is 16.4. The number of carbonyl (C=O) groups is 11. The number of hydrogen-bond acceptors (Lipinski definition) is 11. The Hall–Kier alpha value is -5.63. The van der Waals surface area contributed by atoms with Crippen LogP contribution in [0.3, 0.4) is 0 Å². The maximum Gasteiger partial charge on any atom is 0.305 e. The molecule has 11 N–H and O–H groups in total. The lowest BCUT2D eigenvalue weighted by Gasteiger charge is -2.34. The van der Waals surface area contributed by atoms with Gasteiger partial charge < -0.3 is 53.0 Å². The number of nitrogens with two attached hydrogens (primary N) is 1. The molecule has 0 bridgehead atoms. The number of unbranched alkanes of at least 4 members (excludes halogenated alkanes) is 1. The fraction of sp³-hybridized carbons (Fsp3) is 0.732. The van der Waals surface area contributed by atoms with E-state index in [9.17, 15) is 63.0 Å². The van der Waals surface area contributed by atoms with Crippen LogP contribution in [0, 0.1) is 17.3 Å². The Morgan fingerprint density at radius 3 is 1.63 bits per heavy atom. The minimum Gasteiger partial charge on any atom is -0.481 e. The number of carboxylic acids is 3. The average molecular weight is 882 g/mol. The second-order valence-electron chi connectivity index (χ2n) is 17.3. The van der Waals surface area contributed by atoms with E-state index < -0.39 is 139 Å². The molecule has 0 aromatic rings. The minimum absolute atomic E-state index is 0.0578. The van der Waals surface area contributed by atoms with E-state index in [2.05, 4.69) is 31.9 Å². The highest BCUT2D eigenvalue weighted by Gasteiger charge is 2.39. The van der Waals surface area contributed by atoms with Crippen molar-refractivity contribution in [3.05, 3.63) is 0 Å². The molecule has 0 radical (unpaired) electrons. The lowest BCUT2D eigenvalue weighted by molar-refractivity contribution is -0.142. The largest absolute Gasteiger partial charge is 0.481 e. The molecule has 6 atom stereocenters. The van der Waals surface area contributed by atoms with E-state index in [0.29, 0.717) is 25.7 Å². The number of amides is 7. The minimum atomic E-state index is -1.78. The number of aliphatic carboxylic acids is 3. The van der Waals surface area contributed by atoms with Gasteiger partial charge in [-0.2, -0.15) is 0 Å². The van der Waals surface area contributed by atoms with Crippen LogP contribution in [0.2, 0.25) is 0 Å². The van der Waals surface area contributed by atoms with Gasteiger partial charge in [0.15, 0.2) is 0 Å². The number of primary amides is 1. The Bertz CT molecular complexity index is 1620. The number of hydrogen-bond donors (Lipinski definition) is 10. The standard InChI is InChI=1S/C41H67N7O14/c1-7-8-14-24(33(56)35(42)57)44-37(59)26(19-22(2)3)47-40(62)34(41(4,5)6)48-39(61)27(20-23-12-10-9-11-13-23)46-36(58)25(15-17-30(50)51)45-38(60)28(21-32(54)55)43-29(49)16-18-31(52)53/h22-28,34H,7-21H2,1-6H3,(H2,42,57)(H,43,49)(H,44,59)(H,45,60)(H,46,58)(H,47,62)(H,48,61)(H,50,51)(H,52,53)(H,54,55)/t24?,25-,26-,27-,28-,34+/m0/s1. The Morgan fingerprint density at radius 1 is 0.597 bits per heavy atom. The molecule has 1 unspecified atom stereocenters. The zero-order valence-electron chi connectivity index (χ0n) is 36.6. The summed E-state index contributed by atoms with van der Waals surface area (Å²) >= 11 is 0. The zero-order valence-corrected chi connectivity index (χ0v) is 36.6. The van der Waals surface area contributed by atoms with Crippen molar-refractivity contribution in [3.63, 3.8) is 0 Å². The number of carbonyl (C=O) groups excluding carboxylic acids is 8. The van der Waals surface area contributed by atoms with Crippen LogP contribution in [-0.2, 0) is 52.7 Å². The summed E-state index contributed by atoms with van der Waals surface area (Å²) in [7, 11) is 0. The predicted molar refractivity (Wildman–Crippen MR) is 221 cm³/mol. The molecule has 21 nitrogen and oxygen atoms in total. The molecule has 1 saturated carbocycles. The lowest BCUT2D eigenvalue weighted by Crippen LogP contribution is -2.62. The van der Waals surface area contributed by atoms with Crippen molar-refractivity contribution in [2.75, 3.05) is 0 Å². The molecule has 0 heterocycles. The summed E-state index contributed by atoms with van der Waals surface area (Å²) in [5.74, 6) is -12.1. The molecule has 350 valence electrons. The van der Waals surface area contributed by atoms with Crippen molar-refractivity contribution in [1.82, 2.24) is 31.9 Å². The molecule has 1 aliphatic carbocycles. The summed E-state index contributed by atoms with van der Waals surface area (Å²) in [4.78, 5) is 140. The van der Waals surface area contributed by atoms with E-state index >= 15 is 0 Å². The monoisotopic (exact) mass is 881 g/mol. The molecule has 0 spiro atoms. The summed E-state index contributed by atoms with van der Waals surface area (Å²) in [6, 6.07) is -8.54. The maximum atomic E-state index is 14.3. The molecule has 0 aliphatic heterocycles. The molecule has 1 aliphatic rings. The summed E-state index contributed by atoms with van der Waals surface area (Å²) in [6.07, 6.45) is 2.22. The van der Waals surface area contributed by atoms with E-state index in [-0.39, 0.29) is 31.1 Å². The number of rotatable bonds is 28. The smallest absolute Gasteiger partial charge is 0.305 e. The number of nitrogens with one attached hydrogen (secondary N) is 6. The molecule has 0 aromatic carbocycles. The molecular weight excluding hydrogens is 814 g/mol. The van der Waals surface area contributed by atoms with Crippen molar-refractivity contribution >= 4 is 65.0 Å². The normalized spacial score (nSPS) is 15.9. The number of carboxylic acid groups (broad SMARTS) is 3. The second kappa shape index (κ2) is 26.6. The van der Waals surface area contributed by atoms with E-state index in [0.717, 1.165) is 19.3 Å². The highest BCUT2D eigenvalue weighted by molar-refractivity contribution is 6.37. The first-order valence-electron chi connectivity index (χ1n) is 21.2. The van der Waals surface area contributed by atoms with Gasteiger partial charge in [-0.3, -0.25) is 52.7 Å². The van der Waals surface area contributed by atoms with Gasteiger partial charge in [0, 0.05) is 12.8 Å². The first-order chi connectivity index (χ1) is 28.9. The molecule has 7 amide bonds. The van der Waals surface area contributed by atoms with Crippen molar-refractivity contribution in [2.24, 2.45) is 23.0 Å². The fourth-order valence-corrected chi connectivity index (χ4v) is 6.94. The van der Waals surface area contributed by atoms with Gasteiger partial charge in [0.25, 0.3) is 5.91 Å². The van der Waals surface area contributed by atoms with Crippen LogP contribution in [-0.4, -0.2) is 117 Å². The SMILES string of the molecule is CCCCC(NC(=O)[C@H](CC(C)C)NC(=O)[C@@H](NC(=O)[C@H](CC1CCCCC1)NC(=O)[C@H](CCC(=O)O)NC(=O)[C@H](CC(=O)O)NC(=O)CCC(=O)O)C(C)(C)C)C(=O)C(N)=O. The Kier molecular flexibility index (Phi) is 23.4. The predicted octanol–water partition coefficient (Wildman–Crippen LogP) is 0.407.